The summed E-state index contributed by atoms with van der Waals surface area (Å²) >= 11 is 3.43. The summed E-state index contributed by atoms with van der Waals surface area (Å²) in [6.45, 7) is 2.06. The van der Waals surface area contributed by atoms with Gasteiger partial charge in [0.1, 0.15) is 0 Å². The number of nitrogens with one attached hydrogen (secondary N) is 1. The summed E-state index contributed by atoms with van der Waals surface area (Å²) in [7, 11) is 0. The minimum Gasteiger partial charge on any atom is -0.353 e. The van der Waals surface area contributed by atoms with E-state index >= 15 is 0 Å². The third-order valence-electron chi connectivity index (χ3n) is 3.99. The molecule has 1 atom stereocenters. The average molecular weight is 339 g/mol. The quantitative estimate of drug-likeness (QED) is 0.886. The SMILES string of the molecule is CC(Cc1ccc(Br)cc1)NC(=O)C1CCC(N)CC1. The van der Waals surface area contributed by atoms with Gasteiger partial charge in [0.2, 0.25) is 5.91 Å². The van der Waals surface area contributed by atoms with Crippen molar-refractivity contribution in [2.45, 2.75) is 51.1 Å². The van der Waals surface area contributed by atoms with Gasteiger partial charge in [0, 0.05) is 22.5 Å². The smallest absolute Gasteiger partial charge is 0.223 e. The van der Waals surface area contributed by atoms with Crippen LogP contribution in [0.2, 0.25) is 0 Å². The van der Waals surface area contributed by atoms with Crippen LogP contribution in [-0.2, 0) is 11.2 Å². The molecule has 4 heteroatoms. The molecule has 0 saturated heterocycles. The number of carbonyl (C=O) groups excluding carboxylic acids is 1. The highest BCUT2D eigenvalue weighted by molar-refractivity contribution is 9.10. The highest BCUT2D eigenvalue weighted by Crippen LogP contribution is 2.23. The Bertz CT molecular complexity index is 438. The number of amides is 1. The number of hydrogen-bond donors (Lipinski definition) is 2. The van der Waals surface area contributed by atoms with Crippen molar-refractivity contribution in [2.75, 3.05) is 0 Å². The second kappa shape index (κ2) is 7.23. The predicted octanol–water partition coefficient (Wildman–Crippen LogP) is 3.01. The number of benzene rings is 1. The van der Waals surface area contributed by atoms with E-state index in [1.165, 1.54) is 5.56 Å². The molecule has 3 nitrogen and oxygen atoms in total. The van der Waals surface area contributed by atoms with Crippen LogP contribution in [0.3, 0.4) is 0 Å². The third kappa shape index (κ3) is 4.60. The molecule has 1 saturated carbocycles. The molecule has 1 aromatic rings. The molecule has 3 N–H and O–H groups in total. The first kappa shape index (κ1) is 15.5. The Morgan fingerprint density at radius 2 is 1.90 bits per heavy atom. The zero-order chi connectivity index (χ0) is 14.5. The molecule has 1 aliphatic carbocycles. The van der Waals surface area contributed by atoms with E-state index in [2.05, 4.69) is 40.3 Å². The molecular formula is C16H23BrN2O. The van der Waals surface area contributed by atoms with Crippen LogP contribution < -0.4 is 11.1 Å². The summed E-state index contributed by atoms with van der Waals surface area (Å²) in [5, 5.41) is 3.14. The molecule has 110 valence electrons. The highest BCUT2D eigenvalue weighted by atomic mass is 79.9. The van der Waals surface area contributed by atoms with Crippen LogP contribution in [0, 0.1) is 5.92 Å². The topological polar surface area (TPSA) is 55.1 Å². The van der Waals surface area contributed by atoms with E-state index in [1.807, 2.05) is 12.1 Å². The van der Waals surface area contributed by atoms with Gasteiger partial charge in [0.15, 0.2) is 0 Å². The molecule has 0 radical (unpaired) electrons. The summed E-state index contributed by atoms with van der Waals surface area (Å²) in [4.78, 5) is 12.2. The van der Waals surface area contributed by atoms with Gasteiger partial charge in [0.05, 0.1) is 0 Å². The maximum absolute atomic E-state index is 12.2. The van der Waals surface area contributed by atoms with E-state index in [1.54, 1.807) is 0 Å². The van der Waals surface area contributed by atoms with Crippen molar-refractivity contribution in [3.05, 3.63) is 34.3 Å². The average Bonchev–Trinajstić information content (AvgIpc) is 2.42. The zero-order valence-electron chi connectivity index (χ0n) is 11.9. The van der Waals surface area contributed by atoms with Crippen LogP contribution in [0.4, 0.5) is 0 Å². The Morgan fingerprint density at radius 3 is 2.50 bits per heavy atom. The van der Waals surface area contributed by atoms with E-state index in [4.69, 9.17) is 5.73 Å². The van der Waals surface area contributed by atoms with Crippen LogP contribution >= 0.6 is 15.9 Å². The normalized spacial score (nSPS) is 24.1. The summed E-state index contributed by atoms with van der Waals surface area (Å²) in [6, 6.07) is 8.70. The van der Waals surface area contributed by atoms with Crippen molar-refractivity contribution in [3.63, 3.8) is 0 Å². The van der Waals surface area contributed by atoms with Crippen molar-refractivity contribution >= 4 is 21.8 Å². The minimum atomic E-state index is 0.155. The number of halogens is 1. The van der Waals surface area contributed by atoms with Gasteiger partial charge in [-0.25, -0.2) is 0 Å². The number of nitrogens with two attached hydrogens (primary N) is 1. The molecule has 0 bridgehead atoms. The lowest BCUT2D eigenvalue weighted by atomic mass is 9.86. The monoisotopic (exact) mass is 338 g/mol. The zero-order valence-corrected chi connectivity index (χ0v) is 13.5. The predicted molar refractivity (Wildman–Crippen MR) is 85.4 cm³/mol. The van der Waals surface area contributed by atoms with E-state index in [-0.39, 0.29) is 17.9 Å². The first-order chi connectivity index (χ1) is 9.54. The minimum absolute atomic E-state index is 0.155. The number of carbonyl (C=O) groups is 1. The largest absolute Gasteiger partial charge is 0.353 e. The molecule has 1 aliphatic rings. The maximum Gasteiger partial charge on any atom is 0.223 e. The molecule has 0 heterocycles. The van der Waals surface area contributed by atoms with Crippen LogP contribution in [0.15, 0.2) is 28.7 Å². The Hall–Kier alpha value is -0.870. The van der Waals surface area contributed by atoms with E-state index in [0.717, 1.165) is 36.6 Å². The molecule has 1 aromatic carbocycles. The van der Waals surface area contributed by atoms with Gasteiger partial charge in [-0.15, -0.1) is 0 Å². The fraction of sp³-hybridized carbons (Fsp3) is 0.562. The lowest BCUT2D eigenvalue weighted by Gasteiger charge is -2.26. The summed E-state index contributed by atoms with van der Waals surface area (Å²) in [6.07, 6.45) is 4.67. The van der Waals surface area contributed by atoms with Gasteiger partial charge in [-0.1, -0.05) is 28.1 Å². The van der Waals surface area contributed by atoms with Crippen molar-refractivity contribution < 1.29 is 4.79 Å². The number of hydrogen-bond acceptors (Lipinski definition) is 2. The molecule has 1 amide bonds. The fourth-order valence-electron chi connectivity index (χ4n) is 2.77. The molecule has 1 fully saturated rings. The molecule has 2 rings (SSSR count). The third-order valence-corrected chi connectivity index (χ3v) is 4.52. The highest BCUT2D eigenvalue weighted by Gasteiger charge is 2.25. The van der Waals surface area contributed by atoms with Crippen LogP contribution in [0.1, 0.15) is 38.2 Å². The molecule has 20 heavy (non-hydrogen) atoms. The molecule has 0 spiro atoms. The van der Waals surface area contributed by atoms with Crippen molar-refractivity contribution in [1.82, 2.24) is 5.32 Å². The maximum atomic E-state index is 12.2. The van der Waals surface area contributed by atoms with Crippen molar-refractivity contribution in [3.8, 4) is 0 Å². The Labute approximate surface area is 129 Å². The van der Waals surface area contributed by atoms with Crippen molar-refractivity contribution in [2.24, 2.45) is 11.7 Å². The second-order valence-corrected chi connectivity index (χ2v) is 6.77. The standard InChI is InChI=1S/C16H23BrN2O/c1-11(10-12-2-6-14(17)7-3-12)19-16(20)13-4-8-15(18)9-5-13/h2-3,6-7,11,13,15H,4-5,8-10,18H2,1H3,(H,19,20). The molecule has 0 aliphatic heterocycles. The van der Waals surface area contributed by atoms with Gasteiger partial charge in [-0.3, -0.25) is 4.79 Å². The molecular weight excluding hydrogens is 316 g/mol. The summed E-state index contributed by atoms with van der Waals surface area (Å²) < 4.78 is 1.08. The first-order valence-corrected chi connectivity index (χ1v) is 8.14. The second-order valence-electron chi connectivity index (χ2n) is 5.85. The van der Waals surface area contributed by atoms with Gasteiger partial charge >= 0.3 is 0 Å². The number of rotatable bonds is 4. The van der Waals surface area contributed by atoms with Gasteiger partial charge in [-0.2, -0.15) is 0 Å². The fourth-order valence-corrected chi connectivity index (χ4v) is 3.03. The Balaban J connectivity index is 1.80. The van der Waals surface area contributed by atoms with E-state index < -0.39 is 0 Å². The Kier molecular flexibility index (Phi) is 5.61. The Morgan fingerprint density at radius 1 is 1.30 bits per heavy atom. The van der Waals surface area contributed by atoms with Crippen molar-refractivity contribution in [1.29, 1.82) is 0 Å². The van der Waals surface area contributed by atoms with Crippen LogP contribution in [-0.4, -0.2) is 18.0 Å². The molecule has 0 aromatic heterocycles. The lowest BCUT2D eigenvalue weighted by Crippen LogP contribution is -2.41. The van der Waals surface area contributed by atoms with Crippen LogP contribution in [0.25, 0.3) is 0 Å². The molecule has 1 unspecified atom stereocenters. The van der Waals surface area contributed by atoms with Gasteiger partial charge < -0.3 is 11.1 Å². The van der Waals surface area contributed by atoms with E-state index in [9.17, 15) is 4.79 Å². The lowest BCUT2D eigenvalue weighted by molar-refractivity contribution is -0.126. The van der Waals surface area contributed by atoms with Gasteiger partial charge in [0.25, 0.3) is 0 Å². The first-order valence-electron chi connectivity index (χ1n) is 7.35. The summed E-state index contributed by atoms with van der Waals surface area (Å²) in [5.74, 6) is 0.351. The van der Waals surface area contributed by atoms with Crippen LogP contribution in [0.5, 0.6) is 0 Å². The van der Waals surface area contributed by atoms with Gasteiger partial charge in [-0.05, 0) is 56.7 Å². The summed E-state index contributed by atoms with van der Waals surface area (Å²) in [5.41, 5.74) is 7.12. The van der Waals surface area contributed by atoms with E-state index in [0.29, 0.717) is 6.04 Å².